The van der Waals surface area contributed by atoms with E-state index in [4.69, 9.17) is 22.9 Å². The number of aromatic amines is 4. The van der Waals surface area contributed by atoms with Gasteiger partial charge in [-0.1, -0.05) is 36.4 Å². The molecule has 2 aromatic carbocycles. The summed E-state index contributed by atoms with van der Waals surface area (Å²) in [5.74, 6) is -9.04. The molecule has 12 amide bonds. The molecule has 9 atom stereocenters. The predicted octanol–water partition coefficient (Wildman–Crippen LogP) is -4.72. The summed E-state index contributed by atoms with van der Waals surface area (Å²) in [6.45, 7) is 2.65. The van der Waals surface area contributed by atoms with Crippen LogP contribution in [0.5, 0.6) is 0 Å². The van der Waals surface area contributed by atoms with Gasteiger partial charge in [-0.05, 0) is 69.7 Å². The number of nitrogens with one attached hydrogen (secondary N) is 16. The van der Waals surface area contributed by atoms with Crippen LogP contribution in [0.4, 0.5) is 4.79 Å². The van der Waals surface area contributed by atoms with Gasteiger partial charge in [0, 0.05) is 96.8 Å². The number of hydrogen-bond donors (Lipinski definition) is 20. The largest absolute Gasteiger partial charge is 0.370 e. The van der Waals surface area contributed by atoms with Gasteiger partial charge in [0.1, 0.15) is 54.5 Å². The molecule has 0 unspecified atom stereocenters. The van der Waals surface area contributed by atoms with Crippen LogP contribution in [0.1, 0.15) is 69.0 Å². The fraction of sp³-hybridized carbons (Fsp3) is 0.407. The SMILES string of the molecule is C[C@H]1NC(=O)N[C@@H](Cc2cnc[nH]2)C(=O)NCC(=O)N[C@@H](CCCN=C(N)N)C(=O)N[C@@H](Cc2c[nH]c3ccccc23)C(=O)N[C@@H](C)C(=O)N[C@@H](C)C(=O)N[C@@H](Cc2cnc[nH]2)C(=O)NCC(=O)N[C@@H](CCCN=C(N)N)C(=O)N[C@@H](Cc2c[nH]c3ccccc23)C(=O)N1. The maximum atomic E-state index is 14.5. The summed E-state index contributed by atoms with van der Waals surface area (Å²) in [5.41, 5.74) is 25.6. The Morgan fingerprint density at radius 2 is 0.830 bits per heavy atom. The molecule has 35 nitrogen and oxygen atoms in total. The number of nitrogens with zero attached hydrogens (tertiary/aromatic N) is 4. The van der Waals surface area contributed by atoms with E-state index in [2.05, 4.69) is 104 Å². The molecule has 0 aliphatic carbocycles. The summed E-state index contributed by atoms with van der Waals surface area (Å²) in [7, 11) is 0. The number of guanidine groups is 2. The molecule has 0 radical (unpaired) electrons. The first kappa shape index (κ1) is 69.9. The van der Waals surface area contributed by atoms with E-state index in [1.165, 1.54) is 45.8 Å². The van der Waals surface area contributed by atoms with E-state index < -0.39 is 133 Å². The van der Waals surface area contributed by atoms with Gasteiger partial charge in [-0.15, -0.1) is 0 Å². The Labute approximate surface area is 537 Å². The Kier molecular flexibility index (Phi) is 25.3. The van der Waals surface area contributed by atoms with Crippen molar-refractivity contribution in [3.63, 3.8) is 0 Å². The van der Waals surface area contributed by atoms with Crippen molar-refractivity contribution in [1.29, 1.82) is 0 Å². The van der Waals surface area contributed by atoms with Crippen LogP contribution in [0.3, 0.4) is 0 Å². The van der Waals surface area contributed by atoms with Crippen LogP contribution < -0.4 is 86.7 Å². The minimum atomic E-state index is -1.42. The summed E-state index contributed by atoms with van der Waals surface area (Å²) >= 11 is 0. The molecule has 0 saturated carbocycles. The van der Waals surface area contributed by atoms with Gasteiger partial charge in [0.2, 0.25) is 59.1 Å². The number of H-pyrrole nitrogens is 4. The van der Waals surface area contributed by atoms with Gasteiger partial charge in [0.05, 0.1) is 25.7 Å². The van der Waals surface area contributed by atoms with Crippen molar-refractivity contribution >= 4 is 98.8 Å². The van der Waals surface area contributed by atoms with Crippen molar-refractivity contribution in [2.45, 2.75) is 127 Å². The average Bonchev–Trinajstić information content (AvgIpc) is 1.67. The summed E-state index contributed by atoms with van der Waals surface area (Å²) in [6.07, 6.45) is 7.04. The summed E-state index contributed by atoms with van der Waals surface area (Å²) in [5, 5.41) is 32.5. The van der Waals surface area contributed by atoms with Crippen LogP contribution in [0.15, 0.2) is 96.0 Å². The van der Waals surface area contributed by atoms with E-state index in [9.17, 15) is 52.7 Å². The second-order valence-corrected chi connectivity index (χ2v) is 22.3. The van der Waals surface area contributed by atoms with Crippen molar-refractivity contribution in [3.05, 3.63) is 108 Å². The molecule has 0 spiro atoms. The third-order valence-corrected chi connectivity index (χ3v) is 14.9. The van der Waals surface area contributed by atoms with Gasteiger partial charge in [-0.2, -0.15) is 0 Å². The fourth-order valence-corrected chi connectivity index (χ4v) is 10.1. The molecule has 0 bridgehead atoms. The van der Waals surface area contributed by atoms with Gasteiger partial charge in [0.15, 0.2) is 11.9 Å². The number of carbonyl (C=O) groups is 11. The number of aromatic nitrogens is 6. The van der Waals surface area contributed by atoms with E-state index in [1.54, 1.807) is 54.9 Å². The molecule has 7 rings (SSSR count). The number of para-hydroxylation sites is 2. The maximum Gasteiger partial charge on any atom is 0.317 e. The molecule has 24 N–H and O–H groups in total. The Hall–Kier alpha value is -11.6. The summed E-state index contributed by atoms with van der Waals surface area (Å²) < 4.78 is 0. The van der Waals surface area contributed by atoms with E-state index in [1.807, 2.05) is 6.07 Å². The third-order valence-electron chi connectivity index (χ3n) is 14.9. The normalized spacial score (nSPS) is 22.6. The topological polar surface area (TPSA) is 550 Å². The number of carbonyl (C=O) groups excluding carboxylic acids is 11. The highest BCUT2D eigenvalue weighted by Crippen LogP contribution is 2.21. The van der Waals surface area contributed by atoms with Crippen LogP contribution in [-0.4, -0.2) is 188 Å². The van der Waals surface area contributed by atoms with E-state index >= 15 is 0 Å². The first-order chi connectivity index (χ1) is 45.0. The minimum absolute atomic E-state index is 0.0232. The highest BCUT2D eigenvalue weighted by atomic mass is 16.2. The lowest BCUT2D eigenvalue weighted by Gasteiger charge is -2.26. The fourth-order valence-electron chi connectivity index (χ4n) is 10.1. The van der Waals surface area contributed by atoms with Gasteiger partial charge >= 0.3 is 6.03 Å². The molecule has 1 aliphatic rings. The Morgan fingerprint density at radius 3 is 1.28 bits per heavy atom. The van der Waals surface area contributed by atoms with Gasteiger partial charge in [-0.3, -0.25) is 57.9 Å². The lowest BCUT2D eigenvalue weighted by atomic mass is 10.0. The molecule has 1 aliphatic heterocycles. The number of nitrogens with two attached hydrogens (primary N) is 4. The van der Waals surface area contributed by atoms with E-state index in [-0.39, 0.29) is 76.4 Å². The maximum absolute atomic E-state index is 14.5. The molecule has 94 heavy (non-hydrogen) atoms. The molecule has 502 valence electrons. The highest BCUT2D eigenvalue weighted by Gasteiger charge is 2.34. The monoisotopic (exact) mass is 1300 g/mol. The van der Waals surface area contributed by atoms with Crippen LogP contribution in [-0.2, 0) is 73.6 Å². The smallest absolute Gasteiger partial charge is 0.317 e. The number of rotatable bonds is 16. The Bertz CT molecular complexity index is 3690. The Balaban J connectivity index is 1.19. The molecule has 4 aromatic heterocycles. The van der Waals surface area contributed by atoms with Crippen LogP contribution >= 0.6 is 0 Å². The predicted molar refractivity (Wildman–Crippen MR) is 342 cm³/mol. The average molecular weight is 1300 g/mol. The van der Waals surface area contributed by atoms with Crippen molar-refractivity contribution in [2.75, 3.05) is 26.2 Å². The minimum Gasteiger partial charge on any atom is -0.370 e. The van der Waals surface area contributed by atoms with Crippen molar-refractivity contribution in [2.24, 2.45) is 32.9 Å². The van der Waals surface area contributed by atoms with E-state index in [0.717, 1.165) is 10.9 Å². The number of fused-ring (bicyclic) bond motifs is 2. The van der Waals surface area contributed by atoms with Gasteiger partial charge in [-0.25, -0.2) is 14.8 Å². The summed E-state index contributed by atoms with van der Waals surface area (Å²) in [6, 6.07) is 2.30. The van der Waals surface area contributed by atoms with Crippen LogP contribution in [0, 0.1) is 0 Å². The number of hydrogen-bond acceptors (Lipinski definition) is 15. The first-order valence-electron chi connectivity index (χ1n) is 30.2. The van der Waals surface area contributed by atoms with Crippen LogP contribution in [0.2, 0.25) is 0 Å². The number of benzene rings is 2. The zero-order valence-electron chi connectivity index (χ0n) is 51.9. The number of aliphatic imine (C=N–C) groups is 2. The second kappa shape index (κ2) is 34.0. The molecular weight excluding hydrogens is 1220 g/mol. The van der Waals surface area contributed by atoms with Crippen molar-refractivity contribution < 1.29 is 52.7 Å². The first-order valence-corrected chi connectivity index (χ1v) is 30.2. The molecule has 1 fully saturated rings. The standard InChI is InChI=1S/C59H80N24O11/c1-30-49(86)74-31(2)50(87)80-45(20-35-24-64-28-72-35)51(88)70-26-47(84)79-42(15-9-17-67-58(62)63)54(91)82-44(19-34-23-69-40-13-7-5-11-38(34)40)56(93)76-32(3)77-59(94)83-46(21-36-25-65-29-73-36)52(89)71-27-48(85)78-41(14-8-16-66-57(60)61)53(90)81-43(55(92)75-30)18-33-22-68-39-12-6-4-10-37(33)39/h4-7,10-13,22-25,28-32,41-46,68-69H,8-9,14-21,26-27H2,1-3H3,(H,64,72)(H,65,73)(H,70,88)(H,71,89)(H,74,86)(H,75,92)(H,76,93)(H,78,85)(H,79,84)(H,80,87)(H,81,90)(H,82,91)(H4,60,61,66)(H4,62,63,67)(H2,77,83,94)/t30-,31-,32+,41-,42-,43-,44-,45-,46-/m0/s1. The number of imidazole rings is 2. The molecule has 6 aromatic rings. The lowest BCUT2D eigenvalue weighted by molar-refractivity contribution is -0.135. The van der Waals surface area contributed by atoms with Gasteiger partial charge < -0.3 is 107 Å². The molecular formula is C59H80N24O11. The van der Waals surface area contributed by atoms with Crippen LogP contribution in [0.25, 0.3) is 21.8 Å². The second-order valence-electron chi connectivity index (χ2n) is 22.3. The molecule has 35 heteroatoms. The molecule has 5 heterocycles. The number of amides is 12. The highest BCUT2D eigenvalue weighted by molar-refractivity contribution is 5.99. The van der Waals surface area contributed by atoms with E-state index in [0.29, 0.717) is 33.4 Å². The quantitative estimate of drug-likeness (QED) is 0.0246. The van der Waals surface area contributed by atoms with Gasteiger partial charge in [0.25, 0.3) is 0 Å². The summed E-state index contributed by atoms with van der Waals surface area (Å²) in [4.78, 5) is 183. The zero-order chi connectivity index (χ0) is 67.8. The van der Waals surface area contributed by atoms with Crippen molar-refractivity contribution in [3.8, 4) is 0 Å². The Morgan fingerprint density at radius 1 is 0.436 bits per heavy atom. The number of urea groups is 1. The third kappa shape index (κ3) is 21.3. The lowest BCUT2D eigenvalue weighted by Crippen LogP contribution is -2.60. The zero-order valence-corrected chi connectivity index (χ0v) is 51.9. The van der Waals surface area contributed by atoms with Crippen molar-refractivity contribution in [1.82, 2.24) is 93.7 Å². The molecule has 1 saturated heterocycles.